The molecule has 2 heterocycles. The highest BCUT2D eigenvalue weighted by molar-refractivity contribution is 6.30. The Balaban J connectivity index is 2.14. The van der Waals surface area contributed by atoms with Crippen LogP contribution in [0, 0.1) is 12.8 Å². The van der Waals surface area contributed by atoms with Gasteiger partial charge in [-0.05, 0) is 38.3 Å². The molecule has 2 unspecified atom stereocenters. The second kappa shape index (κ2) is 4.68. The van der Waals surface area contributed by atoms with Gasteiger partial charge in [-0.3, -0.25) is 0 Å². The molecule has 0 amide bonds. The van der Waals surface area contributed by atoms with Crippen molar-refractivity contribution in [2.45, 2.75) is 39.7 Å². The zero-order valence-corrected chi connectivity index (χ0v) is 12.4. The molecular weight excluding hydrogens is 256 g/mol. The van der Waals surface area contributed by atoms with E-state index < -0.39 is 0 Å². The third-order valence-corrected chi connectivity index (χ3v) is 4.24. The van der Waals surface area contributed by atoms with Gasteiger partial charge in [0, 0.05) is 23.0 Å². The molecule has 19 heavy (non-hydrogen) atoms. The zero-order chi connectivity index (χ0) is 13.6. The molecule has 2 nitrogen and oxygen atoms in total. The topological polar surface area (TPSA) is 17.8 Å². The summed E-state index contributed by atoms with van der Waals surface area (Å²) in [5, 5.41) is 0.779. The molecule has 0 N–H and O–H groups in total. The predicted molar refractivity (Wildman–Crippen MR) is 79.6 cm³/mol. The molecule has 3 heteroatoms. The maximum atomic E-state index is 5.98. The number of rotatable bonds is 1. The largest absolute Gasteiger partial charge is 0.325 e. The van der Waals surface area contributed by atoms with Gasteiger partial charge in [-0.1, -0.05) is 30.7 Å². The molecule has 0 spiro atoms. The Hall–Kier alpha value is -1.28. The molecule has 3 rings (SSSR count). The highest BCUT2D eigenvalue weighted by Gasteiger charge is 2.26. The normalized spacial score (nSPS) is 22.3. The van der Waals surface area contributed by atoms with Crippen molar-refractivity contribution >= 4 is 11.6 Å². The summed E-state index contributed by atoms with van der Waals surface area (Å²) in [5.41, 5.74) is 3.59. The van der Waals surface area contributed by atoms with Crippen molar-refractivity contribution in [3.8, 4) is 11.3 Å². The van der Waals surface area contributed by atoms with Crippen LogP contribution < -0.4 is 0 Å². The van der Waals surface area contributed by atoms with E-state index in [1.165, 1.54) is 23.5 Å². The second-order valence-electron chi connectivity index (χ2n) is 5.73. The molecule has 1 aliphatic heterocycles. The Morgan fingerprint density at radius 3 is 2.58 bits per heavy atom. The number of benzene rings is 1. The molecule has 0 aliphatic carbocycles. The molecule has 0 fully saturated rings. The lowest BCUT2D eigenvalue weighted by molar-refractivity contribution is 0.345. The Labute approximate surface area is 119 Å². The number of nitrogens with zero attached hydrogens (tertiary/aromatic N) is 2. The van der Waals surface area contributed by atoms with E-state index in [2.05, 4.69) is 37.5 Å². The lowest BCUT2D eigenvalue weighted by Crippen LogP contribution is -2.21. The van der Waals surface area contributed by atoms with Gasteiger partial charge in [-0.15, -0.1) is 0 Å². The van der Waals surface area contributed by atoms with E-state index in [1.54, 1.807) is 0 Å². The summed E-state index contributed by atoms with van der Waals surface area (Å²) >= 11 is 5.98. The maximum absolute atomic E-state index is 5.98. The van der Waals surface area contributed by atoms with Gasteiger partial charge in [-0.25, -0.2) is 4.98 Å². The van der Waals surface area contributed by atoms with Gasteiger partial charge in [0.1, 0.15) is 5.82 Å². The minimum atomic E-state index is 0.519. The number of aromatic nitrogens is 2. The van der Waals surface area contributed by atoms with Crippen LogP contribution in [0.5, 0.6) is 0 Å². The zero-order valence-electron chi connectivity index (χ0n) is 11.7. The maximum Gasteiger partial charge on any atom is 0.109 e. The number of fused-ring (bicyclic) bond motifs is 1. The minimum absolute atomic E-state index is 0.519. The van der Waals surface area contributed by atoms with E-state index in [9.17, 15) is 0 Å². The first-order chi connectivity index (χ1) is 9.06. The molecule has 0 radical (unpaired) electrons. The van der Waals surface area contributed by atoms with Gasteiger partial charge in [0.15, 0.2) is 0 Å². The number of imidazole rings is 1. The summed E-state index contributed by atoms with van der Waals surface area (Å²) in [7, 11) is 0. The summed E-state index contributed by atoms with van der Waals surface area (Å²) in [6, 6.07) is 8.60. The van der Waals surface area contributed by atoms with Crippen LogP contribution in [-0.2, 0) is 6.42 Å². The fraction of sp³-hybridized carbons (Fsp3) is 0.438. The Morgan fingerprint density at radius 2 is 1.89 bits per heavy atom. The molecule has 0 saturated heterocycles. The van der Waals surface area contributed by atoms with E-state index in [1.807, 2.05) is 12.1 Å². The summed E-state index contributed by atoms with van der Waals surface area (Å²) in [6.07, 6.45) is 2.31. The lowest BCUT2D eigenvalue weighted by Gasteiger charge is -2.28. The van der Waals surface area contributed by atoms with E-state index in [4.69, 9.17) is 16.6 Å². The molecule has 1 aromatic carbocycles. The molecule has 0 bridgehead atoms. The van der Waals surface area contributed by atoms with Gasteiger partial charge < -0.3 is 4.57 Å². The highest BCUT2D eigenvalue weighted by Crippen LogP contribution is 2.35. The van der Waals surface area contributed by atoms with Crippen LogP contribution in [0.4, 0.5) is 0 Å². The summed E-state index contributed by atoms with van der Waals surface area (Å²) in [4.78, 5) is 4.78. The summed E-state index contributed by atoms with van der Waals surface area (Å²) in [5.74, 6) is 1.95. The molecule has 2 atom stereocenters. The van der Waals surface area contributed by atoms with Crippen LogP contribution in [0.15, 0.2) is 24.3 Å². The third kappa shape index (κ3) is 2.18. The van der Waals surface area contributed by atoms with Crippen molar-refractivity contribution in [1.82, 2.24) is 9.55 Å². The van der Waals surface area contributed by atoms with E-state index in [0.29, 0.717) is 6.04 Å². The van der Waals surface area contributed by atoms with Crippen LogP contribution in [0.2, 0.25) is 5.02 Å². The van der Waals surface area contributed by atoms with Crippen LogP contribution in [-0.4, -0.2) is 9.55 Å². The van der Waals surface area contributed by atoms with E-state index >= 15 is 0 Å². The number of hydrogen-bond donors (Lipinski definition) is 0. The predicted octanol–water partition coefficient (Wildman–Crippen LogP) is 4.66. The van der Waals surface area contributed by atoms with Gasteiger partial charge >= 0.3 is 0 Å². The van der Waals surface area contributed by atoms with Crippen molar-refractivity contribution in [1.29, 1.82) is 0 Å². The molecular formula is C16H19ClN2. The standard InChI is InChI=1S/C16H19ClN2/c1-10-8-11(2)19-15(9-10)18-12(3)16(19)13-4-6-14(17)7-5-13/h4-7,10-11H,8-9H2,1-3H3. The van der Waals surface area contributed by atoms with Crippen molar-refractivity contribution in [3.05, 3.63) is 40.8 Å². The Kier molecular flexibility index (Phi) is 3.14. The first kappa shape index (κ1) is 12.7. The monoisotopic (exact) mass is 274 g/mol. The first-order valence-electron chi connectivity index (χ1n) is 6.90. The molecule has 1 aromatic heterocycles. The van der Waals surface area contributed by atoms with Crippen LogP contribution >= 0.6 is 11.6 Å². The minimum Gasteiger partial charge on any atom is -0.325 e. The van der Waals surface area contributed by atoms with Crippen LogP contribution in [0.25, 0.3) is 11.3 Å². The molecule has 100 valence electrons. The fourth-order valence-corrected chi connectivity index (χ4v) is 3.39. The lowest BCUT2D eigenvalue weighted by atomic mass is 9.94. The third-order valence-electron chi connectivity index (χ3n) is 3.99. The highest BCUT2D eigenvalue weighted by atomic mass is 35.5. The Morgan fingerprint density at radius 1 is 1.21 bits per heavy atom. The number of halogens is 1. The fourth-order valence-electron chi connectivity index (χ4n) is 3.26. The van der Waals surface area contributed by atoms with Gasteiger partial charge in [0.05, 0.1) is 11.4 Å². The summed E-state index contributed by atoms with van der Waals surface area (Å²) < 4.78 is 2.42. The van der Waals surface area contributed by atoms with Gasteiger partial charge in [-0.2, -0.15) is 0 Å². The number of aryl methyl sites for hydroxylation is 1. The van der Waals surface area contributed by atoms with Crippen molar-refractivity contribution in [2.24, 2.45) is 5.92 Å². The quantitative estimate of drug-likeness (QED) is 0.740. The number of hydrogen-bond acceptors (Lipinski definition) is 1. The van der Waals surface area contributed by atoms with Crippen molar-refractivity contribution in [2.75, 3.05) is 0 Å². The van der Waals surface area contributed by atoms with Crippen LogP contribution in [0.1, 0.15) is 37.8 Å². The van der Waals surface area contributed by atoms with E-state index in [0.717, 1.165) is 23.1 Å². The summed E-state index contributed by atoms with van der Waals surface area (Å²) in [6.45, 7) is 6.71. The van der Waals surface area contributed by atoms with Crippen molar-refractivity contribution in [3.63, 3.8) is 0 Å². The average molecular weight is 275 g/mol. The molecule has 2 aromatic rings. The molecule has 1 aliphatic rings. The Bertz CT molecular complexity index is 598. The smallest absolute Gasteiger partial charge is 0.109 e. The van der Waals surface area contributed by atoms with Crippen LogP contribution in [0.3, 0.4) is 0 Å². The van der Waals surface area contributed by atoms with E-state index in [-0.39, 0.29) is 0 Å². The van der Waals surface area contributed by atoms with Gasteiger partial charge in [0.25, 0.3) is 0 Å². The second-order valence-corrected chi connectivity index (χ2v) is 6.17. The average Bonchev–Trinajstić information content (AvgIpc) is 2.66. The SMILES string of the molecule is Cc1nc2n(c1-c1ccc(Cl)cc1)C(C)CC(C)C2. The first-order valence-corrected chi connectivity index (χ1v) is 7.27. The molecule has 0 saturated carbocycles. The van der Waals surface area contributed by atoms with Gasteiger partial charge in [0.2, 0.25) is 0 Å². The van der Waals surface area contributed by atoms with Crippen molar-refractivity contribution < 1.29 is 0 Å².